The third kappa shape index (κ3) is 2.01. The number of anilines is 1. The number of aryl methyl sites for hydroxylation is 2. The SMILES string of the molecule is COc1ccc(C)c(-c2c(Cl)n(C)c3ncnc(N)c23)c1. The summed E-state index contributed by atoms with van der Waals surface area (Å²) in [5.74, 6) is 1.18. The molecule has 6 heteroatoms. The Bertz CT molecular complexity index is 841. The highest BCUT2D eigenvalue weighted by Crippen LogP contribution is 2.41. The van der Waals surface area contributed by atoms with E-state index in [0.717, 1.165) is 27.8 Å². The van der Waals surface area contributed by atoms with Crippen LogP contribution < -0.4 is 10.5 Å². The second-order valence-corrected chi connectivity index (χ2v) is 5.22. The molecule has 2 heterocycles. The highest BCUT2D eigenvalue weighted by atomic mass is 35.5. The molecular formula is C15H15ClN4O. The lowest BCUT2D eigenvalue weighted by Crippen LogP contribution is -1.94. The molecule has 108 valence electrons. The minimum Gasteiger partial charge on any atom is -0.497 e. The number of nitrogen functional groups attached to an aromatic ring is 1. The summed E-state index contributed by atoms with van der Waals surface area (Å²) in [5.41, 5.74) is 9.63. The van der Waals surface area contributed by atoms with Gasteiger partial charge in [-0.05, 0) is 30.2 Å². The van der Waals surface area contributed by atoms with Crippen molar-refractivity contribution in [3.8, 4) is 16.9 Å². The van der Waals surface area contributed by atoms with E-state index in [-0.39, 0.29) is 0 Å². The summed E-state index contributed by atoms with van der Waals surface area (Å²) >= 11 is 6.51. The summed E-state index contributed by atoms with van der Waals surface area (Å²) in [6.07, 6.45) is 1.44. The van der Waals surface area contributed by atoms with Crippen LogP contribution in [0.4, 0.5) is 5.82 Å². The normalized spacial score (nSPS) is 11.0. The van der Waals surface area contributed by atoms with Gasteiger partial charge in [0.2, 0.25) is 0 Å². The number of rotatable bonds is 2. The predicted octanol–water partition coefficient (Wildman–Crippen LogP) is 3.19. The number of hydrogen-bond donors (Lipinski definition) is 1. The topological polar surface area (TPSA) is 66.0 Å². The van der Waals surface area contributed by atoms with Gasteiger partial charge >= 0.3 is 0 Å². The van der Waals surface area contributed by atoms with Gasteiger partial charge in [-0.15, -0.1) is 0 Å². The number of nitrogens with zero attached hydrogens (tertiary/aromatic N) is 3. The van der Waals surface area contributed by atoms with Gasteiger partial charge in [0.05, 0.1) is 12.5 Å². The number of hydrogen-bond acceptors (Lipinski definition) is 4. The number of methoxy groups -OCH3 is 1. The number of fused-ring (bicyclic) bond motifs is 1. The van der Waals surface area contributed by atoms with Crippen molar-refractivity contribution in [2.45, 2.75) is 6.92 Å². The van der Waals surface area contributed by atoms with Gasteiger partial charge in [-0.2, -0.15) is 0 Å². The summed E-state index contributed by atoms with van der Waals surface area (Å²) in [7, 11) is 3.49. The van der Waals surface area contributed by atoms with Gasteiger partial charge in [0.25, 0.3) is 0 Å². The molecule has 0 fully saturated rings. The Hall–Kier alpha value is -2.27. The van der Waals surface area contributed by atoms with Gasteiger partial charge < -0.3 is 15.0 Å². The van der Waals surface area contributed by atoms with Crippen LogP contribution in [0.2, 0.25) is 5.15 Å². The van der Waals surface area contributed by atoms with E-state index in [0.29, 0.717) is 16.6 Å². The number of nitrogens with two attached hydrogens (primary N) is 1. The first-order valence-corrected chi connectivity index (χ1v) is 6.81. The molecule has 0 spiro atoms. The van der Waals surface area contributed by atoms with Crippen LogP contribution >= 0.6 is 11.6 Å². The van der Waals surface area contributed by atoms with Crippen LogP contribution in [0.15, 0.2) is 24.5 Å². The van der Waals surface area contributed by atoms with Crippen LogP contribution in [-0.4, -0.2) is 21.6 Å². The molecule has 0 aliphatic carbocycles. The standard InChI is InChI=1S/C15H15ClN4O/c1-8-4-5-9(21-3)6-10(8)11-12-14(17)18-7-19-15(12)20(2)13(11)16/h4-7H,1-3H3,(H2,17,18,19). The van der Waals surface area contributed by atoms with Gasteiger partial charge in [0, 0.05) is 12.6 Å². The lowest BCUT2D eigenvalue weighted by atomic mass is 10.0. The van der Waals surface area contributed by atoms with Crippen molar-refractivity contribution < 1.29 is 4.74 Å². The van der Waals surface area contributed by atoms with Crippen molar-refractivity contribution in [1.82, 2.24) is 14.5 Å². The second kappa shape index (κ2) is 4.93. The molecule has 0 aliphatic heterocycles. The summed E-state index contributed by atoms with van der Waals surface area (Å²) in [4.78, 5) is 8.36. The number of ether oxygens (including phenoxy) is 1. The quantitative estimate of drug-likeness (QED) is 0.789. The van der Waals surface area contributed by atoms with Crippen molar-refractivity contribution in [3.63, 3.8) is 0 Å². The fourth-order valence-electron chi connectivity index (χ4n) is 2.49. The molecule has 2 aromatic heterocycles. The van der Waals surface area contributed by atoms with Crippen molar-refractivity contribution in [2.24, 2.45) is 7.05 Å². The molecule has 3 aromatic rings. The summed E-state index contributed by atoms with van der Waals surface area (Å²) < 4.78 is 7.12. The molecule has 0 radical (unpaired) electrons. The third-order valence-corrected chi connectivity index (χ3v) is 4.08. The van der Waals surface area contributed by atoms with E-state index in [2.05, 4.69) is 9.97 Å². The van der Waals surface area contributed by atoms with Crippen molar-refractivity contribution in [1.29, 1.82) is 0 Å². The first-order chi connectivity index (χ1) is 10.0. The minimum atomic E-state index is 0.416. The Labute approximate surface area is 127 Å². The molecule has 2 N–H and O–H groups in total. The molecule has 0 bridgehead atoms. The van der Waals surface area contributed by atoms with Crippen molar-refractivity contribution in [2.75, 3.05) is 12.8 Å². The van der Waals surface area contributed by atoms with Gasteiger partial charge in [0.1, 0.15) is 28.7 Å². The fraction of sp³-hybridized carbons (Fsp3) is 0.200. The average molecular weight is 303 g/mol. The largest absolute Gasteiger partial charge is 0.497 e. The predicted molar refractivity (Wildman–Crippen MR) is 84.7 cm³/mol. The van der Waals surface area contributed by atoms with Crippen molar-refractivity contribution in [3.05, 3.63) is 35.2 Å². The molecule has 1 aromatic carbocycles. The molecule has 0 saturated carbocycles. The zero-order valence-electron chi connectivity index (χ0n) is 12.0. The first-order valence-electron chi connectivity index (χ1n) is 6.44. The Kier molecular flexibility index (Phi) is 3.22. The Morgan fingerprint density at radius 3 is 2.76 bits per heavy atom. The molecule has 0 amide bonds. The number of aromatic nitrogens is 3. The maximum absolute atomic E-state index is 6.51. The van der Waals surface area contributed by atoms with E-state index in [9.17, 15) is 0 Å². The zero-order valence-corrected chi connectivity index (χ0v) is 12.8. The lowest BCUT2D eigenvalue weighted by Gasteiger charge is -2.09. The van der Waals surface area contributed by atoms with E-state index in [1.165, 1.54) is 6.33 Å². The summed E-state index contributed by atoms with van der Waals surface area (Å²) in [5, 5.41) is 1.34. The molecule has 0 saturated heterocycles. The van der Waals surface area contributed by atoms with E-state index in [1.807, 2.05) is 36.7 Å². The Morgan fingerprint density at radius 2 is 2.05 bits per heavy atom. The maximum Gasteiger partial charge on any atom is 0.147 e. The zero-order chi connectivity index (χ0) is 15.1. The molecular weight excluding hydrogens is 288 g/mol. The van der Waals surface area contributed by atoms with Crippen LogP contribution in [0, 0.1) is 6.92 Å². The molecule has 0 unspecified atom stereocenters. The first kappa shape index (κ1) is 13.7. The van der Waals surface area contributed by atoms with E-state index < -0.39 is 0 Å². The molecule has 0 aliphatic rings. The Morgan fingerprint density at radius 1 is 1.29 bits per heavy atom. The summed E-state index contributed by atoms with van der Waals surface area (Å²) in [6, 6.07) is 5.85. The smallest absolute Gasteiger partial charge is 0.147 e. The number of halogens is 1. The van der Waals surface area contributed by atoms with Crippen LogP contribution in [0.3, 0.4) is 0 Å². The molecule has 21 heavy (non-hydrogen) atoms. The van der Waals surface area contributed by atoms with Gasteiger partial charge in [-0.3, -0.25) is 0 Å². The summed E-state index contributed by atoms with van der Waals surface area (Å²) in [6.45, 7) is 2.02. The van der Waals surface area contributed by atoms with Gasteiger partial charge in [0.15, 0.2) is 0 Å². The van der Waals surface area contributed by atoms with Gasteiger partial charge in [-0.1, -0.05) is 17.7 Å². The van der Waals surface area contributed by atoms with E-state index in [1.54, 1.807) is 7.11 Å². The lowest BCUT2D eigenvalue weighted by molar-refractivity contribution is 0.415. The van der Waals surface area contributed by atoms with Crippen LogP contribution in [0.25, 0.3) is 22.2 Å². The third-order valence-electron chi connectivity index (χ3n) is 3.64. The maximum atomic E-state index is 6.51. The van der Waals surface area contributed by atoms with Crippen LogP contribution in [0.1, 0.15) is 5.56 Å². The van der Waals surface area contributed by atoms with Crippen LogP contribution in [-0.2, 0) is 7.05 Å². The number of benzene rings is 1. The second-order valence-electron chi connectivity index (χ2n) is 4.86. The minimum absolute atomic E-state index is 0.416. The highest BCUT2D eigenvalue weighted by molar-refractivity contribution is 6.35. The fourth-order valence-corrected chi connectivity index (χ4v) is 2.77. The monoisotopic (exact) mass is 302 g/mol. The molecule has 5 nitrogen and oxygen atoms in total. The van der Waals surface area contributed by atoms with Crippen molar-refractivity contribution >= 4 is 28.5 Å². The molecule has 3 rings (SSSR count). The highest BCUT2D eigenvalue weighted by Gasteiger charge is 2.20. The molecule has 0 atom stereocenters. The van der Waals surface area contributed by atoms with Gasteiger partial charge in [-0.25, -0.2) is 9.97 Å². The van der Waals surface area contributed by atoms with E-state index in [4.69, 9.17) is 22.1 Å². The Balaban J connectivity index is 2.43. The van der Waals surface area contributed by atoms with Crippen LogP contribution in [0.5, 0.6) is 5.75 Å². The average Bonchev–Trinajstić information content (AvgIpc) is 2.74. The van der Waals surface area contributed by atoms with E-state index >= 15 is 0 Å².